The van der Waals surface area contributed by atoms with Gasteiger partial charge in [-0.3, -0.25) is 4.79 Å². The van der Waals surface area contributed by atoms with Gasteiger partial charge < -0.3 is 5.32 Å². The van der Waals surface area contributed by atoms with E-state index in [1.165, 1.54) is 23.5 Å². The maximum atomic E-state index is 13.6. The van der Waals surface area contributed by atoms with Crippen LogP contribution in [0.15, 0.2) is 30.3 Å². The zero-order chi connectivity index (χ0) is 15.5. The Morgan fingerprint density at radius 2 is 1.81 bits per heavy atom. The second-order valence-electron chi connectivity index (χ2n) is 4.76. The molecule has 21 heavy (non-hydrogen) atoms. The SMILES string of the molecule is CC(=O)NC(C(F)(F)F)C1(c2ccccc2)SCCCS1. The van der Waals surface area contributed by atoms with Gasteiger partial charge in [0.2, 0.25) is 5.91 Å². The van der Waals surface area contributed by atoms with E-state index in [2.05, 4.69) is 5.32 Å². The average Bonchev–Trinajstić information content (AvgIpc) is 2.45. The molecule has 1 atom stereocenters. The van der Waals surface area contributed by atoms with E-state index >= 15 is 0 Å². The topological polar surface area (TPSA) is 29.1 Å². The summed E-state index contributed by atoms with van der Waals surface area (Å²) in [7, 11) is 0. The van der Waals surface area contributed by atoms with Crippen LogP contribution in [0.25, 0.3) is 0 Å². The predicted octanol–water partition coefficient (Wildman–Crippen LogP) is 3.78. The normalized spacial score (nSPS) is 19.8. The molecule has 0 bridgehead atoms. The fourth-order valence-electron chi connectivity index (χ4n) is 2.31. The maximum Gasteiger partial charge on any atom is 0.411 e. The number of hydrogen-bond donors (Lipinski definition) is 1. The van der Waals surface area contributed by atoms with E-state index in [-0.39, 0.29) is 0 Å². The first-order valence-electron chi connectivity index (χ1n) is 6.53. The molecule has 1 unspecified atom stereocenters. The first-order valence-corrected chi connectivity index (χ1v) is 8.50. The van der Waals surface area contributed by atoms with Crippen molar-refractivity contribution in [2.45, 2.75) is 29.6 Å². The maximum absolute atomic E-state index is 13.6. The summed E-state index contributed by atoms with van der Waals surface area (Å²) in [6.45, 7) is 1.12. The van der Waals surface area contributed by atoms with Crippen LogP contribution >= 0.6 is 23.5 Å². The van der Waals surface area contributed by atoms with Gasteiger partial charge in [-0.15, -0.1) is 23.5 Å². The number of amides is 1. The van der Waals surface area contributed by atoms with Crippen molar-refractivity contribution in [3.05, 3.63) is 35.9 Å². The molecule has 0 aromatic heterocycles. The van der Waals surface area contributed by atoms with E-state index in [4.69, 9.17) is 0 Å². The number of benzene rings is 1. The average molecular weight is 335 g/mol. The van der Waals surface area contributed by atoms with Gasteiger partial charge >= 0.3 is 6.18 Å². The number of rotatable bonds is 3. The lowest BCUT2D eigenvalue weighted by molar-refractivity contribution is -0.163. The molecule has 0 aliphatic carbocycles. The van der Waals surface area contributed by atoms with E-state index in [9.17, 15) is 18.0 Å². The molecular formula is C14H16F3NOS2. The van der Waals surface area contributed by atoms with Gasteiger partial charge in [0.25, 0.3) is 0 Å². The summed E-state index contributed by atoms with van der Waals surface area (Å²) in [5, 5.41) is 2.12. The lowest BCUT2D eigenvalue weighted by atomic mass is 10.0. The molecule has 7 heteroatoms. The van der Waals surface area contributed by atoms with Crippen LogP contribution in [-0.2, 0) is 8.87 Å². The number of alkyl halides is 3. The van der Waals surface area contributed by atoms with Crippen LogP contribution in [0.4, 0.5) is 13.2 Å². The van der Waals surface area contributed by atoms with E-state index in [0.717, 1.165) is 13.3 Å². The van der Waals surface area contributed by atoms with Gasteiger partial charge in [0, 0.05) is 6.92 Å². The number of carbonyl (C=O) groups is 1. The summed E-state index contributed by atoms with van der Waals surface area (Å²) < 4.78 is 39.4. The molecule has 1 aromatic rings. The molecule has 1 aliphatic heterocycles. The van der Waals surface area contributed by atoms with E-state index in [0.29, 0.717) is 17.1 Å². The molecule has 1 N–H and O–H groups in total. The molecule has 1 aliphatic rings. The van der Waals surface area contributed by atoms with Crippen molar-refractivity contribution in [3.8, 4) is 0 Å². The van der Waals surface area contributed by atoms with E-state index in [1.807, 2.05) is 0 Å². The van der Waals surface area contributed by atoms with Crippen molar-refractivity contribution in [3.63, 3.8) is 0 Å². The summed E-state index contributed by atoms with van der Waals surface area (Å²) in [4.78, 5) is 11.3. The molecule has 0 saturated carbocycles. The highest BCUT2D eigenvalue weighted by Crippen LogP contribution is 2.55. The minimum Gasteiger partial charge on any atom is -0.343 e. The van der Waals surface area contributed by atoms with Gasteiger partial charge in [0.05, 0.1) is 0 Å². The molecule has 0 radical (unpaired) electrons. The summed E-state index contributed by atoms with van der Waals surface area (Å²) in [6, 6.07) is 6.73. The number of thioether (sulfide) groups is 2. The van der Waals surface area contributed by atoms with Crippen LogP contribution in [0.5, 0.6) is 0 Å². The Bertz CT molecular complexity index is 487. The fourth-order valence-corrected chi connectivity index (χ4v) is 5.84. The van der Waals surface area contributed by atoms with Gasteiger partial charge in [-0.1, -0.05) is 30.3 Å². The number of nitrogens with one attached hydrogen (secondary N) is 1. The van der Waals surface area contributed by atoms with Crippen LogP contribution in [-0.4, -0.2) is 29.6 Å². The van der Waals surface area contributed by atoms with Gasteiger partial charge in [-0.25, -0.2) is 0 Å². The lowest BCUT2D eigenvalue weighted by Gasteiger charge is -2.43. The Morgan fingerprint density at radius 1 is 1.24 bits per heavy atom. The third kappa shape index (κ3) is 3.69. The van der Waals surface area contributed by atoms with Gasteiger partial charge in [-0.2, -0.15) is 13.2 Å². The number of hydrogen-bond acceptors (Lipinski definition) is 3. The monoisotopic (exact) mass is 335 g/mol. The molecule has 0 spiro atoms. The minimum absolute atomic E-state index is 0.593. The molecule has 1 aromatic carbocycles. The molecule has 1 saturated heterocycles. The summed E-state index contributed by atoms with van der Waals surface area (Å²) in [5.74, 6) is 0.627. The largest absolute Gasteiger partial charge is 0.411 e. The highest BCUT2D eigenvalue weighted by Gasteiger charge is 2.56. The van der Waals surface area contributed by atoms with Gasteiger partial charge in [-0.05, 0) is 23.5 Å². The predicted molar refractivity (Wildman–Crippen MR) is 81.3 cm³/mol. The number of halogens is 3. The molecule has 116 valence electrons. The van der Waals surface area contributed by atoms with Crippen LogP contribution < -0.4 is 5.32 Å². The fraction of sp³-hybridized carbons (Fsp3) is 0.500. The standard InChI is InChI=1S/C14H16F3NOS2/c1-10(19)18-12(14(15,16)17)13(20-8-5-9-21-13)11-6-3-2-4-7-11/h2-4,6-7,12H,5,8-9H2,1H3,(H,18,19). The highest BCUT2D eigenvalue weighted by atomic mass is 32.2. The minimum atomic E-state index is -4.50. The van der Waals surface area contributed by atoms with Gasteiger partial charge in [0.1, 0.15) is 4.08 Å². The highest BCUT2D eigenvalue weighted by molar-refractivity contribution is 8.18. The Hall–Kier alpha value is -0.820. The van der Waals surface area contributed by atoms with Gasteiger partial charge in [0.15, 0.2) is 6.04 Å². The smallest absolute Gasteiger partial charge is 0.343 e. The van der Waals surface area contributed by atoms with Crippen molar-refractivity contribution in [2.75, 3.05) is 11.5 Å². The molecule has 2 rings (SSSR count). The quantitative estimate of drug-likeness (QED) is 0.911. The van der Waals surface area contributed by atoms with Crippen molar-refractivity contribution in [1.82, 2.24) is 5.32 Å². The van der Waals surface area contributed by atoms with Crippen LogP contribution in [0, 0.1) is 0 Å². The zero-order valence-electron chi connectivity index (χ0n) is 11.4. The molecule has 1 amide bonds. The van der Waals surface area contributed by atoms with Crippen LogP contribution in [0.3, 0.4) is 0 Å². The first-order chi connectivity index (χ1) is 9.86. The first kappa shape index (κ1) is 16.5. The molecule has 1 fully saturated rings. The molecule has 1 heterocycles. The zero-order valence-corrected chi connectivity index (χ0v) is 13.1. The van der Waals surface area contributed by atoms with Crippen molar-refractivity contribution in [1.29, 1.82) is 0 Å². The third-order valence-corrected chi connectivity index (χ3v) is 6.65. The van der Waals surface area contributed by atoms with Crippen molar-refractivity contribution >= 4 is 29.4 Å². The van der Waals surface area contributed by atoms with E-state index < -0.39 is 22.2 Å². The van der Waals surface area contributed by atoms with Crippen LogP contribution in [0.2, 0.25) is 0 Å². The summed E-state index contributed by atoms with van der Waals surface area (Å²) in [6.07, 6.45) is -3.63. The van der Waals surface area contributed by atoms with Crippen LogP contribution in [0.1, 0.15) is 18.9 Å². The Labute approximate surface area is 130 Å². The third-order valence-electron chi connectivity index (χ3n) is 3.15. The lowest BCUT2D eigenvalue weighted by Crippen LogP contribution is -2.56. The Kier molecular flexibility index (Phi) is 5.14. The Morgan fingerprint density at radius 3 is 2.29 bits per heavy atom. The molecular weight excluding hydrogens is 319 g/mol. The van der Waals surface area contributed by atoms with Crippen molar-refractivity contribution in [2.24, 2.45) is 0 Å². The van der Waals surface area contributed by atoms with Crippen molar-refractivity contribution < 1.29 is 18.0 Å². The second-order valence-corrected chi connectivity index (χ2v) is 7.70. The number of carbonyl (C=O) groups excluding carboxylic acids is 1. The summed E-state index contributed by atoms with van der Waals surface area (Å²) in [5.41, 5.74) is 0.593. The summed E-state index contributed by atoms with van der Waals surface area (Å²) >= 11 is 2.54. The molecule has 2 nitrogen and oxygen atoms in total. The van der Waals surface area contributed by atoms with E-state index in [1.54, 1.807) is 30.3 Å². The second kappa shape index (κ2) is 6.52. The Balaban J connectivity index is 2.49.